The number of carbonyl (C=O) groups is 1. The van der Waals surface area contributed by atoms with Crippen LogP contribution < -0.4 is 14.8 Å². The highest BCUT2D eigenvalue weighted by Gasteiger charge is 2.52. The number of aromatic amines is 1. The molecule has 5 nitrogen and oxygen atoms in total. The number of methoxy groups -OCH3 is 2. The predicted molar refractivity (Wildman–Crippen MR) is 102 cm³/mol. The number of benzene rings is 2. The van der Waals surface area contributed by atoms with Crippen molar-refractivity contribution in [1.29, 1.82) is 0 Å². The Labute approximate surface area is 156 Å². The second-order valence-electron chi connectivity index (χ2n) is 6.49. The lowest BCUT2D eigenvalue weighted by atomic mass is 9.94. The molecular weight excluding hydrogens is 352 g/mol. The average molecular weight is 371 g/mol. The zero-order chi connectivity index (χ0) is 18.3. The molecule has 0 unspecified atom stereocenters. The van der Waals surface area contributed by atoms with E-state index in [0.717, 1.165) is 29.3 Å². The van der Waals surface area contributed by atoms with E-state index in [-0.39, 0.29) is 5.91 Å². The van der Waals surface area contributed by atoms with Crippen molar-refractivity contribution >= 4 is 34.1 Å². The van der Waals surface area contributed by atoms with E-state index in [1.54, 1.807) is 32.4 Å². The molecule has 134 valence electrons. The Morgan fingerprint density at radius 1 is 1.15 bits per heavy atom. The molecule has 1 aliphatic carbocycles. The van der Waals surface area contributed by atoms with Crippen LogP contribution >= 0.6 is 11.6 Å². The smallest absolute Gasteiger partial charge is 0.235 e. The number of fused-ring (bicyclic) bond motifs is 1. The van der Waals surface area contributed by atoms with Crippen molar-refractivity contribution in [1.82, 2.24) is 4.98 Å². The van der Waals surface area contributed by atoms with Gasteiger partial charge in [0.2, 0.25) is 5.91 Å². The molecule has 3 aromatic rings. The monoisotopic (exact) mass is 370 g/mol. The lowest BCUT2D eigenvalue weighted by molar-refractivity contribution is -0.118. The van der Waals surface area contributed by atoms with Gasteiger partial charge in [0.25, 0.3) is 0 Å². The van der Waals surface area contributed by atoms with Gasteiger partial charge >= 0.3 is 0 Å². The van der Waals surface area contributed by atoms with Crippen molar-refractivity contribution in [3.63, 3.8) is 0 Å². The first-order chi connectivity index (χ1) is 12.6. The van der Waals surface area contributed by atoms with Crippen molar-refractivity contribution in [2.75, 3.05) is 19.5 Å². The lowest BCUT2D eigenvalue weighted by Gasteiger charge is -2.17. The summed E-state index contributed by atoms with van der Waals surface area (Å²) in [4.78, 5) is 16.4. The van der Waals surface area contributed by atoms with Crippen molar-refractivity contribution in [2.45, 2.75) is 18.3 Å². The summed E-state index contributed by atoms with van der Waals surface area (Å²) in [7, 11) is 3.16. The Balaban J connectivity index is 1.69. The average Bonchev–Trinajstić information content (AvgIpc) is 3.35. The van der Waals surface area contributed by atoms with Crippen LogP contribution in [0.3, 0.4) is 0 Å². The molecule has 0 aliphatic heterocycles. The Morgan fingerprint density at radius 3 is 2.65 bits per heavy atom. The number of anilines is 1. The Morgan fingerprint density at radius 2 is 1.96 bits per heavy atom. The van der Waals surface area contributed by atoms with Gasteiger partial charge in [0.05, 0.1) is 25.3 Å². The van der Waals surface area contributed by atoms with Crippen LogP contribution in [-0.4, -0.2) is 25.1 Å². The number of carbonyl (C=O) groups excluding carboxylic acids is 1. The molecule has 26 heavy (non-hydrogen) atoms. The summed E-state index contributed by atoms with van der Waals surface area (Å²) in [6.45, 7) is 0. The Bertz CT molecular complexity index is 992. The summed E-state index contributed by atoms with van der Waals surface area (Å²) in [6, 6.07) is 11.0. The third-order valence-electron chi connectivity index (χ3n) is 5.00. The summed E-state index contributed by atoms with van der Waals surface area (Å²) < 4.78 is 10.6. The number of ether oxygens (including phenoxy) is 2. The molecule has 0 radical (unpaired) electrons. The minimum Gasteiger partial charge on any atom is -0.497 e. The molecule has 4 rings (SSSR count). The first-order valence-electron chi connectivity index (χ1n) is 8.38. The topological polar surface area (TPSA) is 63.4 Å². The maximum absolute atomic E-state index is 13.1. The number of rotatable bonds is 5. The molecule has 1 aliphatic rings. The van der Waals surface area contributed by atoms with Gasteiger partial charge in [0.15, 0.2) is 0 Å². The largest absolute Gasteiger partial charge is 0.497 e. The maximum atomic E-state index is 13.1. The van der Waals surface area contributed by atoms with Crippen LogP contribution in [0, 0.1) is 0 Å². The van der Waals surface area contributed by atoms with Crippen LogP contribution in [0.25, 0.3) is 10.9 Å². The maximum Gasteiger partial charge on any atom is 0.235 e. The fourth-order valence-corrected chi connectivity index (χ4v) is 3.56. The fourth-order valence-electron chi connectivity index (χ4n) is 3.39. The molecular formula is C20H19ClN2O3. The Hall–Kier alpha value is -2.66. The van der Waals surface area contributed by atoms with Crippen LogP contribution in [0.2, 0.25) is 5.02 Å². The summed E-state index contributed by atoms with van der Waals surface area (Å²) in [5, 5.41) is 4.66. The summed E-state index contributed by atoms with van der Waals surface area (Å²) >= 11 is 6.16. The number of halogens is 1. The molecule has 1 heterocycles. The highest BCUT2D eigenvalue weighted by molar-refractivity contribution is 6.31. The van der Waals surface area contributed by atoms with Crippen LogP contribution in [0.5, 0.6) is 11.5 Å². The normalized spacial score (nSPS) is 14.9. The van der Waals surface area contributed by atoms with E-state index in [1.165, 1.54) is 0 Å². The predicted octanol–water partition coefficient (Wildman–Crippen LogP) is 4.51. The SMILES string of the molecule is COc1ccc(OC)c(NC(=O)C2(c3c[nH]c4ccc(Cl)cc34)CC2)c1. The molecule has 2 N–H and O–H groups in total. The quantitative estimate of drug-likeness (QED) is 0.694. The van der Waals surface area contributed by atoms with Gasteiger partial charge in [-0.15, -0.1) is 0 Å². The number of nitrogens with one attached hydrogen (secondary N) is 2. The van der Waals surface area contributed by atoms with Gasteiger partial charge < -0.3 is 19.8 Å². The summed E-state index contributed by atoms with van der Waals surface area (Å²) in [5.74, 6) is 1.20. The number of H-pyrrole nitrogens is 1. The fraction of sp³-hybridized carbons (Fsp3) is 0.250. The molecule has 6 heteroatoms. The molecule has 0 atom stereocenters. The van der Waals surface area contributed by atoms with Crippen LogP contribution in [0.1, 0.15) is 18.4 Å². The first-order valence-corrected chi connectivity index (χ1v) is 8.76. The van der Waals surface area contributed by atoms with Crippen molar-refractivity contribution < 1.29 is 14.3 Å². The van der Waals surface area contributed by atoms with Gasteiger partial charge in [-0.05, 0) is 48.7 Å². The van der Waals surface area contributed by atoms with Gasteiger partial charge in [0, 0.05) is 28.2 Å². The van der Waals surface area contributed by atoms with E-state index in [1.807, 2.05) is 24.4 Å². The van der Waals surface area contributed by atoms with Gasteiger partial charge in [-0.2, -0.15) is 0 Å². The van der Waals surface area contributed by atoms with E-state index < -0.39 is 5.41 Å². The van der Waals surface area contributed by atoms with Crippen molar-refractivity contribution in [3.05, 3.63) is 53.2 Å². The molecule has 0 spiro atoms. The molecule has 1 saturated carbocycles. The minimum absolute atomic E-state index is 0.0510. The van der Waals surface area contributed by atoms with Crippen LogP contribution in [0.15, 0.2) is 42.6 Å². The first kappa shape index (κ1) is 16.8. The standard InChI is InChI=1S/C20H19ClN2O3/c1-25-13-4-6-18(26-2)17(10-13)23-19(24)20(7-8-20)15-11-22-16-5-3-12(21)9-14(15)16/h3-6,9-11,22H,7-8H2,1-2H3,(H,23,24). The minimum atomic E-state index is -0.545. The second-order valence-corrected chi connectivity index (χ2v) is 6.93. The zero-order valence-corrected chi connectivity index (χ0v) is 15.3. The van der Waals surface area contributed by atoms with Crippen molar-refractivity contribution in [3.8, 4) is 11.5 Å². The van der Waals surface area contributed by atoms with E-state index in [4.69, 9.17) is 21.1 Å². The zero-order valence-electron chi connectivity index (χ0n) is 14.6. The summed E-state index contributed by atoms with van der Waals surface area (Å²) in [6.07, 6.45) is 3.51. The molecule has 1 aromatic heterocycles. The van der Waals surface area contributed by atoms with Gasteiger partial charge in [-0.3, -0.25) is 4.79 Å². The van der Waals surface area contributed by atoms with Crippen LogP contribution in [-0.2, 0) is 10.2 Å². The van der Waals surface area contributed by atoms with E-state index in [0.29, 0.717) is 22.2 Å². The van der Waals surface area contributed by atoms with E-state index >= 15 is 0 Å². The summed E-state index contributed by atoms with van der Waals surface area (Å²) in [5.41, 5.74) is 2.01. The molecule has 0 saturated heterocycles. The molecule has 1 amide bonds. The Kier molecular flexibility index (Phi) is 4.04. The second kappa shape index (κ2) is 6.25. The van der Waals surface area contributed by atoms with Gasteiger partial charge in [-0.1, -0.05) is 11.6 Å². The highest BCUT2D eigenvalue weighted by atomic mass is 35.5. The third-order valence-corrected chi connectivity index (χ3v) is 5.23. The van der Waals surface area contributed by atoms with Crippen LogP contribution in [0.4, 0.5) is 5.69 Å². The lowest BCUT2D eigenvalue weighted by Crippen LogP contribution is -2.27. The number of amides is 1. The van der Waals surface area contributed by atoms with Gasteiger partial charge in [-0.25, -0.2) is 0 Å². The number of aromatic nitrogens is 1. The number of hydrogen-bond donors (Lipinski definition) is 2. The van der Waals surface area contributed by atoms with E-state index in [2.05, 4.69) is 10.3 Å². The molecule has 1 fully saturated rings. The third kappa shape index (κ3) is 2.69. The van der Waals surface area contributed by atoms with E-state index in [9.17, 15) is 4.79 Å². The van der Waals surface area contributed by atoms with Gasteiger partial charge in [0.1, 0.15) is 11.5 Å². The highest BCUT2D eigenvalue weighted by Crippen LogP contribution is 2.51. The number of hydrogen-bond acceptors (Lipinski definition) is 3. The van der Waals surface area contributed by atoms with Crippen molar-refractivity contribution in [2.24, 2.45) is 0 Å². The molecule has 0 bridgehead atoms. The molecule has 2 aromatic carbocycles.